The summed E-state index contributed by atoms with van der Waals surface area (Å²) >= 11 is 0. The maximum Gasteiger partial charge on any atom is 0.191 e. The zero-order valence-corrected chi connectivity index (χ0v) is 18.8. The third kappa shape index (κ3) is 5.16. The second-order valence-corrected chi connectivity index (χ2v) is 7.80. The molecule has 8 nitrogen and oxygen atoms in total. The van der Waals surface area contributed by atoms with Gasteiger partial charge in [0.05, 0.1) is 18.8 Å². The van der Waals surface area contributed by atoms with Crippen molar-refractivity contribution in [2.24, 2.45) is 4.99 Å². The van der Waals surface area contributed by atoms with Crippen molar-refractivity contribution in [3.8, 4) is 0 Å². The third-order valence-corrected chi connectivity index (χ3v) is 5.73. The van der Waals surface area contributed by atoms with Crippen LogP contribution in [0.3, 0.4) is 0 Å². The number of hydrogen-bond donors (Lipinski definition) is 2. The average Bonchev–Trinajstić information content (AvgIpc) is 3.24. The Hall–Kier alpha value is -3.20. The average molecular weight is 439 g/mol. The first-order chi connectivity index (χ1) is 15.7. The summed E-state index contributed by atoms with van der Waals surface area (Å²) in [6, 6.07) is 11.2. The van der Waals surface area contributed by atoms with E-state index in [-0.39, 0.29) is 5.82 Å². The van der Waals surface area contributed by atoms with Gasteiger partial charge >= 0.3 is 0 Å². The van der Waals surface area contributed by atoms with Gasteiger partial charge in [-0.2, -0.15) is 0 Å². The van der Waals surface area contributed by atoms with Crippen molar-refractivity contribution >= 4 is 17.3 Å². The molecule has 0 atom stereocenters. The van der Waals surface area contributed by atoms with Crippen LogP contribution in [0.4, 0.5) is 10.1 Å². The fraction of sp³-hybridized carbons (Fsp3) is 0.435. The van der Waals surface area contributed by atoms with E-state index >= 15 is 0 Å². The van der Waals surface area contributed by atoms with E-state index in [0.717, 1.165) is 56.3 Å². The number of fused-ring (bicyclic) bond motifs is 1. The summed E-state index contributed by atoms with van der Waals surface area (Å²) < 4.78 is 16.8. The van der Waals surface area contributed by atoms with Crippen LogP contribution < -0.4 is 15.5 Å². The maximum atomic E-state index is 14.8. The van der Waals surface area contributed by atoms with Crippen molar-refractivity contribution in [2.45, 2.75) is 26.9 Å². The molecule has 1 fully saturated rings. The lowest BCUT2D eigenvalue weighted by atomic mass is 10.1. The normalized spacial score (nSPS) is 15.3. The van der Waals surface area contributed by atoms with E-state index in [2.05, 4.69) is 42.5 Å². The predicted molar refractivity (Wildman–Crippen MR) is 125 cm³/mol. The Kier molecular flexibility index (Phi) is 7.16. The van der Waals surface area contributed by atoms with E-state index in [1.807, 2.05) is 47.9 Å². The zero-order valence-electron chi connectivity index (χ0n) is 18.8. The van der Waals surface area contributed by atoms with E-state index in [0.29, 0.717) is 24.7 Å². The highest BCUT2D eigenvalue weighted by Gasteiger charge is 2.18. The van der Waals surface area contributed by atoms with E-state index in [1.54, 1.807) is 6.07 Å². The Morgan fingerprint density at radius 1 is 1.06 bits per heavy atom. The quantitative estimate of drug-likeness (QED) is 0.436. The van der Waals surface area contributed by atoms with Gasteiger partial charge in [-0.1, -0.05) is 19.1 Å². The summed E-state index contributed by atoms with van der Waals surface area (Å²) in [6.07, 6.45) is 1.93. The molecule has 4 rings (SSSR count). The monoisotopic (exact) mass is 438 g/mol. The number of anilines is 1. The number of pyridine rings is 1. The van der Waals surface area contributed by atoms with Crippen molar-refractivity contribution in [3.63, 3.8) is 0 Å². The number of nitrogens with one attached hydrogen (secondary N) is 2. The smallest absolute Gasteiger partial charge is 0.191 e. The van der Waals surface area contributed by atoms with Gasteiger partial charge in [-0.3, -0.25) is 4.40 Å². The summed E-state index contributed by atoms with van der Waals surface area (Å²) in [5.74, 6) is 1.26. The van der Waals surface area contributed by atoms with Gasteiger partial charge < -0.3 is 20.4 Å². The molecule has 32 heavy (non-hydrogen) atoms. The second-order valence-electron chi connectivity index (χ2n) is 7.80. The number of halogens is 1. The predicted octanol–water partition coefficient (Wildman–Crippen LogP) is 2.27. The molecule has 3 aromatic rings. The number of aliphatic imine (C=N–C) groups is 1. The molecule has 1 saturated heterocycles. The van der Waals surface area contributed by atoms with E-state index in [9.17, 15) is 4.39 Å². The number of aromatic nitrogens is 3. The van der Waals surface area contributed by atoms with Crippen LogP contribution in [0.2, 0.25) is 0 Å². The van der Waals surface area contributed by atoms with Crippen LogP contribution >= 0.6 is 0 Å². The first kappa shape index (κ1) is 22.0. The lowest BCUT2D eigenvalue weighted by molar-refractivity contribution is 0.270. The topological polar surface area (TPSA) is 73.1 Å². The minimum absolute atomic E-state index is 0.185. The Bertz CT molecular complexity index is 1060. The van der Waals surface area contributed by atoms with Crippen LogP contribution in [0, 0.1) is 5.82 Å². The minimum Gasteiger partial charge on any atom is -0.367 e. The fourth-order valence-corrected chi connectivity index (χ4v) is 3.90. The molecular formula is C23H31FN8. The zero-order chi connectivity index (χ0) is 22.3. The van der Waals surface area contributed by atoms with Crippen LogP contribution in [0.5, 0.6) is 0 Å². The summed E-state index contributed by atoms with van der Waals surface area (Å²) in [6.45, 7) is 10.5. The molecule has 1 aliphatic rings. The van der Waals surface area contributed by atoms with E-state index in [4.69, 9.17) is 0 Å². The summed E-state index contributed by atoms with van der Waals surface area (Å²) in [7, 11) is 0. The molecule has 2 N–H and O–H groups in total. The Morgan fingerprint density at radius 3 is 2.66 bits per heavy atom. The van der Waals surface area contributed by atoms with Gasteiger partial charge in [-0.15, -0.1) is 10.2 Å². The first-order valence-electron chi connectivity index (χ1n) is 11.2. The number of guanidine groups is 1. The number of piperazine rings is 1. The maximum absolute atomic E-state index is 14.8. The molecule has 0 spiro atoms. The highest BCUT2D eigenvalue weighted by atomic mass is 19.1. The molecular weight excluding hydrogens is 407 g/mol. The van der Waals surface area contributed by atoms with Crippen molar-refractivity contribution in [1.82, 2.24) is 30.1 Å². The highest BCUT2D eigenvalue weighted by Crippen LogP contribution is 2.22. The van der Waals surface area contributed by atoms with Crippen LogP contribution in [0.15, 0.2) is 47.6 Å². The van der Waals surface area contributed by atoms with Gasteiger partial charge in [0.1, 0.15) is 5.82 Å². The molecule has 1 aliphatic heterocycles. The number of nitrogens with zero attached hydrogens (tertiary/aromatic N) is 6. The molecule has 0 amide bonds. The second kappa shape index (κ2) is 10.4. The Morgan fingerprint density at radius 2 is 1.91 bits per heavy atom. The van der Waals surface area contributed by atoms with Gasteiger partial charge in [0, 0.05) is 38.9 Å². The summed E-state index contributed by atoms with van der Waals surface area (Å²) in [4.78, 5) is 9.13. The molecule has 3 heterocycles. The SMILES string of the molecule is CCNC(=NCc1ccc(N2CCN(CC)CC2)c(F)c1)NCc1nnc2ccccn12. The van der Waals surface area contributed by atoms with Crippen molar-refractivity contribution < 1.29 is 4.39 Å². The van der Waals surface area contributed by atoms with Crippen molar-refractivity contribution in [1.29, 1.82) is 0 Å². The molecule has 0 radical (unpaired) electrons. The van der Waals surface area contributed by atoms with Gasteiger partial charge in [-0.25, -0.2) is 9.38 Å². The number of rotatable bonds is 7. The summed E-state index contributed by atoms with van der Waals surface area (Å²) in [5, 5.41) is 14.9. The standard InChI is InChI=1S/C23H31FN8/c1-3-25-23(27-17-22-29-28-21-7-5-6-10-32(21)22)26-16-18-8-9-20(19(24)15-18)31-13-11-30(4-2)12-14-31/h5-10,15H,3-4,11-14,16-17H2,1-2H3,(H2,25,26,27). The third-order valence-electron chi connectivity index (χ3n) is 5.73. The van der Waals surface area contributed by atoms with Gasteiger partial charge in [0.15, 0.2) is 17.4 Å². The van der Waals surface area contributed by atoms with Crippen LogP contribution in [0.1, 0.15) is 25.2 Å². The first-order valence-corrected chi connectivity index (χ1v) is 11.2. The number of hydrogen-bond acceptors (Lipinski definition) is 5. The Balaban J connectivity index is 1.39. The van der Waals surface area contributed by atoms with Crippen molar-refractivity contribution in [3.05, 3.63) is 59.8 Å². The molecule has 0 saturated carbocycles. The molecule has 2 aromatic heterocycles. The van der Waals surface area contributed by atoms with Gasteiger partial charge in [0.25, 0.3) is 0 Å². The number of benzene rings is 1. The van der Waals surface area contributed by atoms with E-state index in [1.165, 1.54) is 0 Å². The molecule has 1 aromatic carbocycles. The molecule has 0 aliphatic carbocycles. The minimum atomic E-state index is -0.185. The van der Waals surface area contributed by atoms with Gasteiger partial charge in [-0.05, 0) is 43.3 Å². The highest BCUT2D eigenvalue weighted by molar-refractivity contribution is 5.79. The Labute approximate surface area is 188 Å². The number of likely N-dealkylation sites (N-methyl/N-ethyl adjacent to an activating group) is 1. The van der Waals surface area contributed by atoms with Crippen LogP contribution in [-0.4, -0.2) is 64.7 Å². The molecule has 0 unspecified atom stereocenters. The van der Waals surface area contributed by atoms with Gasteiger partial charge in [0.2, 0.25) is 0 Å². The van der Waals surface area contributed by atoms with Crippen LogP contribution in [0.25, 0.3) is 5.65 Å². The fourth-order valence-electron chi connectivity index (χ4n) is 3.90. The largest absolute Gasteiger partial charge is 0.367 e. The van der Waals surface area contributed by atoms with Crippen LogP contribution in [-0.2, 0) is 13.1 Å². The lowest BCUT2D eigenvalue weighted by Crippen LogP contribution is -2.46. The lowest BCUT2D eigenvalue weighted by Gasteiger charge is -2.35. The molecule has 9 heteroatoms. The molecule has 0 bridgehead atoms. The van der Waals surface area contributed by atoms with E-state index < -0.39 is 0 Å². The summed E-state index contributed by atoms with van der Waals surface area (Å²) in [5.41, 5.74) is 2.32. The van der Waals surface area contributed by atoms with Crippen molar-refractivity contribution in [2.75, 3.05) is 44.2 Å². The molecule has 170 valence electrons.